The summed E-state index contributed by atoms with van der Waals surface area (Å²) in [7, 11) is 1.69. The lowest BCUT2D eigenvalue weighted by Crippen LogP contribution is -2.17. The van der Waals surface area contributed by atoms with Gasteiger partial charge in [-0.25, -0.2) is 0 Å². The minimum absolute atomic E-state index is 0.255. The molecule has 1 aromatic carbocycles. The van der Waals surface area contributed by atoms with Crippen LogP contribution < -0.4 is 10.1 Å². The lowest BCUT2D eigenvalue weighted by atomic mass is 10.1. The third-order valence-electron chi connectivity index (χ3n) is 3.24. The highest BCUT2D eigenvalue weighted by Crippen LogP contribution is 2.19. The molecule has 0 saturated heterocycles. The van der Waals surface area contributed by atoms with Gasteiger partial charge in [0.05, 0.1) is 13.7 Å². The average Bonchev–Trinajstić information content (AvgIpc) is 2.93. The van der Waals surface area contributed by atoms with Crippen LogP contribution in [-0.4, -0.2) is 7.11 Å². The molecule has 102 valence electrons. The SMILES string of the molecule is CCc1ccc(CNC(C)c2cccc(OC)c2)o1. The quantitative estimate of drug-likeness (QED) is 0.859. The van der Waals surface area contributed by atoms with Crippen LogP contribution in [0.15, 0.2) is 40.8 Å². The Morgan fingerprint density at radius 1 is 1.21 bits per heavy atom. The first-order valence-electron chi connectivity index (χ1n) is 6.68. The van der Waals surface area contributed by atoms with Crippen molar-refractivity contribution in [3.8, 4) is 5.75 Å². The first-order chi connectivity index (χ1) is 9.22. The summed E-state index contributed by atoms with van der Waals surface area (Å²) in [5.74, 6) is 2.90. The molecular formula is C16H21NO2. The van der Waals surface area contributed by atoms with Gasteiger partial charge in [0, 0.05) is 12.5 Å². The zero-order valence-electron chi connectivity index (χ0n) is 11.8. The average molecular weight is 259 g/mol. The molecule has 0 aliphatic rings. The van der Waals surface area contributed by atoms with Crippen LogP contribution in [0, 0.1) is 0 Å². The van der Waals surface area contributed by atoms with Crippen LogP contribution in [0.1, 0.15) is 37.0 Å². The van der Waals surface area contributed by atoms with E-state index in [9.17, 15) is 0 Å². The first-order valence-corrected chi connectivity index (χ1v) is 6.68. The Labute approximate surface area is 114 Å². The van der Waals surface area contributed by atoms with Gasteiger partial charge in [0.25, 0.3) is 0 Å². The molecule has 3 heteroatoms. The van der Waals surface area contributed by atoms with Gasteiger partial charge in [-0.3, -0.25) is 0 Å². The van der Waals surface area contributed by atoms with Crippen LogP contribution in [0.5, 0.6) is 5.75 Å². The van der Waals surface area contributed by atoms with Gasteiger partial charge in [-0.1, -0.05) is 19.1 Å². The van der Waals surface area contributed by atoms with Crippen molar-refractivity contribution in [3.05, 3.63) is 53.5 Å². The number of hydrogen-bond donors (Lipinski definition) is 1. The van der Waals surface area contributed by atoms with Gasteiger partial charge < -0.3 is 14.5 Å². The third-order valence-corrected chi connectivity index (χ3v) is 3.24. The van der Waals surface area contributed by atoms with Gasteiger partial charge in [0.2, 0.25) is 0 Å². The molecule has 0 aliphatic heterocycles. The van der Waals surface area contributed by atoms with E-state index >= 15 is 0 Å². The molecule has 0 spiro atoms. The lowest BCUT2D eigenvalue weighted by Gasteiger charge is -2.14. The molecule has 0 radical (unpaired) electrons. The summed E-state index contributed by atoms with van der Waals surface area (Å²) in [6.07, 6.45) is 0.936. The van der Waals surface area contributed by atoms with Crippen LogP contribution in [0.4, 0.5) is 0 Å². The second-order valence-electron chi connectivity index (χ2n) is 4.60. The van der Waals surface area contributed by atoms with Gasteiger partial charge in [0.15, 0.2) is 0 Å². The normalized spacial score (nSPS) is 12.4. The van der Waals surface area contributed by atoms with E-state index in [0.29, 0.717) is 0 Å². The van der Waals surface area contributed by atoms with Crippen molar-refractivity contribution in [2.24, 2.45) is 0 Å². The van der Waals surface area contributed by atoms with Crippen molar-refractivity contribution in [2.45, 2.75) is 32.9 Å². The molecule has 19 heavy (non-hydrogen) atoms. The molecule has 1 atom stereocenters. The molecule has 0 amide bonds. The fourth-order valence-electron chi connectivity index (χ4n) is 1.99. The summed E-state index contributed by atoms with van der Waals surface area (Å²) < 4.78 is 10.9. The number of rotatable bonds is 6. The summed E-state index contributed by atoms with van der Waals surface area (Å²) >= 11 is 0. The van der Waals surface area contributed by atoms with Crippen LogP contribution in [0.2, 0.25) is 0 Å². The van der Waals surface area contributed by atoms with Crippen molar-refractivity contribution in [1.82, 2.24) is 5.32 Å². The van der Waals surface area contributed by atoms with E-state index < -0.39 is 0 Å². The van der Waals surface area contributed by atoms with E-state index in [1.165, 1.54) is 5.56 Å². The zero-order chi connectivity index (χ0) is 13.7. The summed E-state index contributed by atoms with van der Waals surface area (Å²) in [4.78, 5) is 0. The summed E-state index contributed by atoms with van der Waals surface area (Å²) in [5.41, 5.74) is 1.21. The number of nitrogens with one attached hydrogen (secondary N) is 1. The molecular weight excluding hydrogens is 238 g/mol. The number of ether oxygens (including phenoxy) is 1. The fourth-order valence-corrected chi connectivity index (χ4v) is 1.99. The maximum atomic E-state index is 5.68. The topological polar surface area (TPSA) is 34.4 Å². The Kier molecular flexibility index (Phi) is 4.63. The number of methoxy groups -OCH3 is 1. The molecule has 1 unspecified atom stereocenters. The highest BCUT2D eigenvalue weighted by atomic mass is 16.5. The monoisotopic (exact) mass is 259 g/mol. The van der Waals surface area contributed by atoms with E-state index in [0.717, 1.165) is 30.2 Å². The summed E-state index contributed by atoms with van der Waals surface area (Å²) in [5, 5.41) is 3.45. The third kappa shape index (κ3) is 3.61. The lowest BCUT2D eigenvalue weighted by molar-refractivity contribution is 0.412. The number of benzene rings is 1. The van der Waals surface area contributed by atoms with Crippen molar-refractivity contribution in [2.75, 3.05) is 7.11 Å². The number of hydrogen-bond acceptors (Lipinski definition) is 3. The molecule has 1 N–H and O–H groups in total. The van der Waals surface area contributed by atoms with Gasteiger partial charge in [-0.2, -0.15) is 0 Å². The highest BCUT2D eigenvalue weighted by Gasteiger charge is 2.07. The standard InChI is InChI=1S/C16H21NO2/c1-4-14-8-9-16(19-14)11-17-12(2)13-6-5-7-15(10-13)18-3/h5-10,12,17H,4,11H2,1-3H3. The fraction of sp³-hybridized carbons (Fsp3) is 0.375. The number of furan rings is 1. The van der Waals surface area contributed by atoms with Gasteiger partial charge in [-0.15, -0.1) is 0 Å². The molecule has 2 aromatic rings. The molecule has 0 aliphatic carbocycles. The number of aryl methyl sites for hydroxylation is 1. The minimum atomic E-state index is 0.255. The van der Waals surface area contributed by atoms with Crippen molar-refractivity contribution in [1.29, 1.82) is 0 Å². The predicted octanol–water partition coefficient (Wildman–Crippen LogP) is 3.70. The largest absolute Gasteiger partial charge is 0.497 e. The Bertz CT molecular complexity index is 519. The van der Waals surface area contributed by atoms with E-state index in [4.69, 9.17) is 9.15 Å². The van der Waals surface area contributed by atoms with Crippen LogP contribution in [-0.2, 0) is 13.0 Å². The second-order valence-corrected chi connectivity index (χ2v) is 4.60. The predicted molar refractivity (Wildman–Crippen MR) is 76.3 cm³/mol. The molecule has 0 fully saturated rings. The summed E-state index contributed by atoms with van der Waals surface area (Å²) in [6, 6.07) is 12.4. The smallest absolute Gasteiger partial charge is 0.119 e. The molecule has 2 rings (SSSR count). The van der Waals surface area contributed by atoms with Crippen molar-refractivity contribution < 1.29 is 9.15 Å². The highest BCUT2D eigenvalue weighted by molar-refractivity contribution is 5.30. The van der Waals surface area contributed by atoms with E-state index in [1.807, 2.05) is 24.3 Å². The van der Waals surface area contributed by atoms with Gasteiger partial charge >= 0.3 is 0 Å². The molecule has 1 aromatic heterocycles. The first kappa shape index (κ1) is 13.7. The second kappa shape index (κ2) is 6.43. The molecule has 0 bridgehead atoms. The Balaban J connectivity index is 1.94. The van der Waals surface area contributed by atoms with E-state index in [1.54, 1.807) is 7.11 Å². The van der Waals surface area contributed by atoms with Crippen LogP contribution >= 0.6 is 0 Å². The maximum Gasteiger partial charge on any atom is 0.119 e. The van der Waals surface area contributed by atoms with Crippen LogP contribution in [0.25, 0.3) is 0 Å². The van der Waals surface area contributed by atoms with Crippen molar-refractivity contribution in [3.63, 3.8) is 0 Å². The molecule has 3 nitrogen and oxygen atoms in total. The summed E-state index contributed by atoms with van der Waals surface area (Å²) in [6.45, 7) is 4.96. The van der Waals surface area contributed by atoms with E-state index in [-0.39, 0.29) is 6.04 Å². The van der Waals surface area contributed by atoms with Gasteiger partial charge in [-0.05, 0) is 36.8 Å². The Morgan fingerprint density at radius 3 is 2.68 bits per heavy atom. The van der Waals surface area contributed by atoms with Crippen LogP contribution in [0.3, 0.4) is 0 Å². The Hall–Kier alpha value is -1.74. The maximum absolute atomic E-state index is 5.68. The van der Waals surface area contributed by atoms with Crippen molar-refractivity contribution >= 4 is 0 Å². The molecule has 0 saturated carbocycles. The zero-order valence-corrected chi connectivity index (χ0v) is 11.8. The van der Waals surface area contributed by atoms with Gasteiger partial charge in [0.1, 0.15) is 17.3 Å². The van der Waals surface area contributed by atoms with E-state index in [2.05, 4.69) is 31.3 Å². The molecule has 1 heterocycles. The minimum Gasteiger partial charge on any atom is -0.497 e. The Morgan fingerprint density at radius 2 is 2.00 bits per heavy atom.